The Kier molecular flexibility index (Phi) is 4.61. The fraction of sp³-hybridized carbons (Fsp3) is 0.600. The molecule has 0 saturated carbocycles. The standard InChI is InChI=1S/C15H22O3/c1-4-11(2)13-9-17-15(18-10-13)12-5-7-14(16-3)8-6-12/h5-8,11,13,15H,4,9-10H2,1-3H3. The molecule has 100 valence electrons. The van der Waals surface area contributed by atoms with Crippen LogP contribution in [0.3, 0.4) is 0 Å². The molecule has 1 unspecified atom stereocenters. The molecule has 1 aliphatic heterocycles. The van der Waals surface area contributed by atoms with Crippen molar-refractivity contribution in [1.29, 1.82) is 0 Å². The molecule has 0 radical (unpaired) electrons. The summed E-state index contributed by atoms with van der Waals surface area (Å²) in [5.41, 5.74) is 1.05. The number of benzene rings is 1. The van der Waals surface area contributed by atoms with E-state index in [2.05, 4.69) is 13.8 Å². The number of hydrogen-bond donors (Lipinski definition) is 0. The van der Waals surface area contributed by atoms with E-state index in [1.165, 1.54) is 6.42 Å². The highest BCUT2D eigenvalue weighted by molar-refractivity contribution is 5.27. The van der Waals surface area contributed by atoms with Gasteiger partial charge in [0.2, 0.25) is 0 Å². The van der Waals surface area contributed by atoms with Crippen molar-refractivity contribution in [2.24, 2.45) is 11.8 Å². The smallest absolute Gasteiger partial charge is 0.183 e. The van der Waals surface area contributed by atoms with Crippen molar-refractivity contribution in [3.63, 3.8) is 0 Å². The van der Waals surface area contributed by atoms with Gasteiger partial charge in [-0.05, 0) is 18.1 Å². The van der Waals surface area contributed by atoms with Gasteiger partial charge in [-0.25, -0.2) is 0 Å². The molecule has 1 aromatic carbocycles. The van der Waals surface area contributed by atoms with Gasteiger partial charge >= 0.3 is 0 Å². The van der Waals surface area contributed by atoms with Gasteiger partial charge in [0, 0.05) is 11.5 Å². The first-order valence-corrected chi connectivity index (χ1v) is 6.61. The largest absolute Gasteiger partial charge is 0.497 e. The minimum Gasteiger partial charge on any atom is -0.497 e. The fourth-order valence-corrected chi connectivity index (χ4v) is 2.13. The molecular formula is C15H22O3. The van der Waals surface area contributed by atoms with E-state index in [9.17, 15) is 0 Å². The maximum absolute atomic E-state index is 5.81. The van der Waals surface area contributed by atoms with Crippen LogP contribution in [0.4, 0.5) is 0 Å². The Bertz CT molecular complexity index is 353. The van der Waals surface area contributed by atoms with E-state index in [4.69, 9.17) is 14.2 Å². The van der Waals surface area contributed by atoms with E-state index in [1.807, 2.05) is 24.3 Å². The second kappa shape index (κ2) is 6.21. The Morgan fingerprint density at radius 3 is 2.33 bits per heavy atom. The van der Waals surface area contributed by atoms with Crippen LogP contribution >= 0.6 is 0 Å². The number of rotatable bonds is 4. The molecule has 1 aliphatic rings. The Morgan fingerprint density at radius 2 is 1.83 bits per heavy atom. The van der Waals surface area contributed by atoms with E-state index in [1.54, 1.807) is 7.11 Å². The number of hydrogen-bond acceptors (Lipinski definition) is 3. The summed E-state index contributed by atoms with van der Waals surface area (Å²) < 4.78 is 16.8. The lowest BCUT2D eigenvalue weighted by atomic mass is 9.93. The van der Waals surface area contributed by atoms with Crippen LogP contribution in [0.25, 0.3) is 0 Å². The average molecular weight is 250 g/mol. The summed E-state index contributed by atoms with van der Waals surface area (Å²) in [6.07, 6.45) is 0.945. The van der Waals surface area contributed by atoms with Gasteiger partial charge < -0.3 is 14.2 Å². The van der Waals surface area contributed by atoms with E-state index >= 15 is 0 Å². The third-order valence-electron chi connectivity index (χ3n) is 3.76. The molecule has 1 fully saturated rings. The predicted octanol–water partition coefficient (Wildman–Crippen LogP) is 3.40. The van der Waals surface area contributed by atoms with Crippen molar-refractivity contribution < 1.29 is 14.2 Å². The summed E-state index contributed by atoms with van der Waals surface area (Å²) >= 11 is 0. The molecule has 0 amide bonds. The Hall–Kier alpha value is -1.06. The first-order chi connectivity index (χ1) is 8.74. The third kappa shape index (κ3) is 3.03. The summed E-state index contributed by atoms with van der Waals surface area (Å²) in [6, 6.07) is 7.85. The highest BCUT2D eigenvalue weighted by Crippen LogP contribution is 2.29. The lowest BCUT2D eigenvalue weighted by molar-refractivity contribution is -0.212. The molecule has 1 saturated heterocycles. The van der Waals surface area contributed by atoms with E-state index < -0.39 is 0 Å². The van der Waals surface area contributed by atoms with Gasteiger partial charge in [0.25, 0.3) is 0 Å². The van der Waals surface area contributed by atoms with Crippen LogP contribution in [0.1, 0.15) is 32.1 Å². The van der Waals surface area contributed by atoms with Crippen molar-refractivity contribution in [2.45, 2.75) is 26.6 Å². The molecule has 0 aliphatic carbocycles. The van der Waals surface area contributed by atoms with Gasteiger partial charge in [-0.3, -0.25) is 0 Å². The minimum atomic E-state index is -0.226. The second-order valence-electron chi connectivity index (χ2n) is 4.92. The van der Waals surface area contributed by atoms with Crippen LogP contribution in [0.15, 0.2) is 24.3 Å². The first-order valence-electron chi connectivity index (χ1n) is 6.61. The van der Waals surface area contributed by atoms with Crippen molar-refractivity contribution in [1.82, 2.24) is 0 Å². The van der Waals surface area contributed by atoms with E-state index in [0.29, 0.717) is 11.8 Å². The molecule has 0 spiro atoms. The molecule has 1 atom stereocenters. The van der Waals surface area contributed by atoms with E-state index in [0.717, 1.165) is 24.5 Å². The highest BCUT2D eigenvalue weighted by Gasteiger charge is 2.26. The zero-order valence-corrected chi connectivity index (χ0v) is 11.4. The molecule has 2 rings (SSSR count). The number of ether oxygens (including phenoxy) is 3. The highest BCUT2D eigenvalue weighted by atomic mass is 16.7. The molecule has 0 bridgehead atoms. The van der Waals surface area contributed by atoms with Gasteiger partial charge in [-0.15, -0.1) is 0 Å². The van der Waals surface area contributed by atoms with Crippen molar-refractivity contribution in [3.8, 4) is 5.75 Å². The monoisotopic (exact) mass is 250 g/mol. The summed E-state index contributed by atoms with van der Waals surface area (Å²) in [7, 11) is 1.67. The third-order valence-corrected chi connectivity index (χ3v) is 3.76. The van der Waals surface area contributed by atoms with Gasteiger partial charge in [0.05, 0.1) is 20.3 Å². The molecule has 0 aromatic heterocycles. The normalized spacial score (nSPS) is 25.7. The summed E-state index contributed by atoms with van der Waals surface area (Å²) in [6.45, 7) is 6.03. The summed E-state index contributed by atoms with van der Waals surface area (Å²) in [5.74, 6) is 2.03. The number of methoxy groups -OCH3 is 1. The Balaban J connectivity index is 1.92. The topological polar surface area (TPSA) is 27.7 Å². The molecule has 3 heteroatoms. The van der Waals surface area contributed by atoms with Gasteiger partial charge in [-0.1, -0.05) is 32.4 Å². The van der Waals surface area contributed by atoms with Crippen LogP contribution in [-0.4, -0.2) is 20.3 Å². The molecule has 1 aromatic rings. The average Bonchev–Trinajstić information content (AvgIpc) is 2.47. The fourth-order valence-electron chi connectivity index (χ4n) is 2.13. The lowest BCUT2D eigenvalue weighted by Gasteiger charge is -2.32. The molecular weight excluding hydrogens is 228 g/mol. The zero-order valence-electron chi connectivity index (χ0n) is 11.4. The SMILES string of the molecule is CCC(C)C1COC(c2ccc(OC)cc2)OC1. The maximum Gasteiger partial charge on any atom is 0.183 e. The molecule has 18 heavy (non-hydrogen) atoms. The molecule has 3 nitrogen and oxygen atoms in total. The minimum absolute atomic E-state index is 0.226. The van der Waals surface area contributed by atoms with Crippen LogP contribution in [0.2, 0.25) is 0 Å². The Morgan fingerprint density at radius 1 is 1.22 bits per heavy atom. The van der Waals surface area contributed by atoms with Crippen LogP contribution in [0.5, 0.6) is 5.75 Å². The Labute approximate surface area is 109 Å². The second-order valence-corrected chi connectivity index (χ2v) is 4.92. The predicted molar refractivity (Wildman–Crippen MR) is 70.6 cm³/mol. The van der Waals surface area contributed by atoms with Crippen molar-refractivity contribution in [2.75, 3.05) is 20.3 Å². The van der Waals surface area contributed by atoms with Gasteiger partial charge in [0.1, 0.15) is 5.75 Å². The zero-order chi connectivity index (χ0) is 13.0. The van der Waals surface area contributed by atoms with Crippen LogP contribution in [0, 0.1) is 11.8 Å². The molecule has 0 N–H and O–H groups in total. The van der Waals surface area contributed by atoms with Gasteiger partial charge in [-0.2, -0.15) is 0 Å². The van der Waals surface area contributed by atoms with Gasteiger partial charge in [0.15, 0.2) is 6.29 Å². The quantitative estimate of drug-likeness (QED) is 0.819. The molecule has 1 heterocycles. The van der Waals surface area contributed by atoms with Crippen LogP contribution < -0.4 is 4.74 Å². The van der Waals surface area contributed by atoms with Crippen molar-refractivity contribution in [3.05, 3.63) is 29.8 Å². The summed E-state index contributed by atoms with van der Waals surface area (Å²) in [4.78, 5) is 0. The van der Waals surface area contributed by atoms with E-state index in [-0.39, 0.29) is 6.29 Å². The maximum atomic E-state index is 5.81. The first kappa shape index (κ1) is 13.4. The lowest BCUT2D eigenvalue weighted by Crippen LogP contribution is -2.31. The van der Waals surface area contributed by atoms with Crippen molar-refractivity contribution >= 4 is 0 Å². The van der Waals surface area contributed by atoms with Crippen LogP contribution in [-0.2, 0) is 9.47 Å². The summed E-state index contributed by atoms with van der Waals surface area (Å²) in [5, 5.41) is 0.